The molecular weight excluding hydrogens is 339 g/mol. The topological polar surface area (TPSA) is 97.3 Å². The fraction of sp³-hybridized carbons (Fsp3) is 0. The molecule has 0 bridgehead atoms. The van der Waals surface area contributed by atoms with Crippen molar-refractivity contribution in [2.45, 2.75) is 9.79 Å². The summed E-state index contributed by atoms with van der Waals surface area (Å²) in [5.41, 5.74) is -0.474. The normalized spacial score (nSPS) is 9.95. The van der Waals surface area contributed by atoms with Crippen LogP contribution in [-0.2, 0) is 27.6 Å². The monoisotopic (exact) mass is 347 g/mol. The zero-order chi connectivity index (χ0) is 14.7. The Bertz CT molecular complexity index is 655. The third-order valence-corrected chi connectivity index (χ3v) is 4.12. The van der Waals surface area contributed by atoms with Gasteiger partial charge in [-0.3, -0.25) is 0 Å². The van der Waals surface area contributed by atoms with Crippen molar-refractivity contribution >= 4 is 22.7 Å². The van der Waals surface area contributed by atoms with Crippen molar-refractivity contribution in [2.75, 3.05) is 0 Å². The van der Waals surface area contributed by atoms with Gasteiger partial charge in [0.25, 0.3) is 0 Å². The van der Waals surface area contributed by atoms with E-state index in [1.54, 1.807) is 0 Å². The number of carboxylic acids is 2. The van der Waals surface area contributed by atoms with E-state index in [-0.39, 0.29) is 37.7 Å². The van der Waals surface area contributed by atoms with E-state index in [9.17, 15) is 24.0 Å². The number of benzene rings is 2. The van der Waals surface area contributed by atoms with Gasteiger partial charge in [-0.15, -0.1) is 0 Å². The van der Waals surface area contributed by atoms with Gasteiger partial charge in [0.2, 0.25) is 0 Å². The van der Waals surface area contributed by atoms with Crippen LogP contribution in [0.1, 0.15) is 20.7 Å². The van der Waals surface area contributed by atoms with Gasteiger partial charge in [-0.05, 0) is 12.1 Å². The Hall–Kier alpha value is -1.96. The summed E-state index contributed by atoms with van der Waals surface area (Å²) in [6.07, 6.45) is 0. The molecule has 0 spiro atoms. The van der Waals surface area contributed by atoms with Crippen molar-refractivity contribution in [3.63, 3.8) is 0 Å². The van der Waals surface area contributed by atoms with E-state index in [4.69, 9.17) is 0 Å². The molecule has 0 aliphatic carbocycles. The first-order valence-electron chi connectivity index (χ1n) is 5.55. The quantitative estimate of drug-likeness (QED) is 0.748. The Morgan fingerprint density at radius 3 is 1.43 bits per heavy atom. The van der Waals surface area contributed by atoms with Gasteiger partial charge in [0.15, 0.2) is 0 Å². The zero-order valence-electron chi connectivity index (χ0n) is 10.4. The van der Waals surface area contributed by atoms with Crippen molar-refractivity contribution in [2.24, 2.45) is 0 Å². The van der Waals surface area contributed by atoms with E-state index in [1.165, 1.54) is 48.5 Å². The van der Waals surface area contributed by atoms with Crippen LogP contribution in [0.15, 0.2) is 58.3 Å². The first-order chi connectivity index (χ1) is 9.52. The first kappa shape index (κ1) is 17.1. The van der Waals surface area contributed by atoms with Crippen molar-refractivity contribution in [1.29, 1.82) is 0 Å². The van der Waals surface area contributed by atoms with Crippen molar-refractivity contribution in [3.8, 4) is 0 Å². The Balaban J connectivity index is 0.00000220. The molecule has 7 heteroatoms. The van der Waals surface area contributed by atoms with Gasteiger partial charge in [0.1, 0.15) is 0 Å². The number of rotatable bonds is 4. The van der Waals surface area contributed by atoms with Crippen LogP contribution in [0.5, 0.6) is 0 Å². The SMILES string of the molecule is O=C([O-])c1ccccc1S(=O)c1ccccc1C(=O)[O-].[Co+2]. The minimum Gasteiger partial charge on any atom is -0.545 e. The van der Waals surface area contributed by atoms with E-state index in [0.717, 1.165) is 0 Å². The largest absolute Gasteiger partial charge is 2.00 e. The molecule has 0 N–H and O–H groups in total. The summed E-state index contributed by atoms with van der Waals surface area (Å²) in [5.74, 6) is -2.94. The molecular formula is C14H8CoO5S. The number of hydrogen-bond donors (Lipinski definition) is 0. The summed E-state index contributed by atoms with van der Waals surface area (Å²) in [4.78, 5) is 22.0. The van der Waals surface area contributed by atoms with Crippen molar-refractivity contribution in [1.82, 2.24) is 0 Å². The average Bonchev–Trinajstić information content (AvgIpc) is 2.46. The summed E-state index contributed by atoms with van der Waals surface area (Å²) in [6, 6.07) is 11.2. The van der Waals surface area contributed by atoms with Gasteiger partial charge in [-0.2, -0.15) is 0 Å². The van der Waals surface area contributed by atoms with Crippen LogP contribution in [0.25, 0.3) is 0 Å². The number of hydrogen-bond acceptors (Lipinski definition) is 5. The fourth-order valence-corrected chi connectivity index (χ4v) is 3.06. The second-order valence-electron chi connectivity index (χ2n) is 3.84. The molecule has 0 aliphatic rings. The van der Waals surface area contributed by atoms with Gasteiger partial charge >= 0.3 is 16.8 Å². The second-order valence-corrected chi connectivity index (χ2v) is 5.25. The van der Waals surface area contributed by atoms with E-state index >= 15 is 0 Å². The number of aromatic carboxylic acids is 2. The first-order valence-corrected chi connectivity index (χ1v) is 6.70. The van der Waals surface area contributed by atoms with E-state index in [2.05, 4.69) is 0 Å². The summed E-state index contributed by atoms with van der Waals surface area (Å²) in [6.45, 7) is 0. The Morgan fingerprint density at radius 1 is 0.762 bits per heavy atom. The smallest absolute Gasteiger partial charge is 0.545 e. The zero-order valence-corrected chi connectivity index (χ0v) is 12.3. The third-order valence-electron chi connectivity index (χ3n) is 2.61. The van der Waals surface area contributed by atoms with Crippen molar-refractivity contribution < 1.29 is 40.8 Å². The van der Waals surface area contributed by atoms with Gasteiger partial charge in [-0.1, -0.05) is 36.4 Å². The molecule has 2 aromatic carbocycles. The molecule has 0 saturated carbocycles. The minimum atomic E-state index is -1.95. The minimum absolute atomic E-state index is 0. The van der Waals surface area contributed by atoms with E-state index in [0.29, 0.717) is 0 Å². The van der Waals surface area contributed by atoms with Crippen LogP contribution >= 0.6 is 0 Å². The van der Waals surface area contributed by atoms with Crippen LogP contribution in [-0.4, -0.2) is 16.1 Å². The average molecular weight is 347 g/mol. The molecule has 5 nitrogen and oxygen atoms in total. The molecule has 2 rings (SSSR count). The number of carbonyl (C=O) groups excluding carboxylic acids is 2. The molecule has 0 amide bonds. The Labute approximate surface area is 133 Å². The van der Waals surface area contributed by atoms with Crippen LogP contribution < -0.4 is 10.2 Å². The maximum atomic E-state index is 12.4. The maximum absolute atomic E-state index is 12.4. The van der Waals surface area contributed by atoms with E-state index < -0.39 is 22.7 Å². The predicted octanol–water partition coefficient (Wildman–Crippen LogP) is -0.422. The van der Waals surface area contributed by atoms with Gasteiger partial charge < -0.3 is 19.8 Å². The van der Waals surface area contributed by atoms with Gasteiger partial charge in [-0.25, -0.2) is 4.21 Å². The molecule has 0 saturated heterocycles. The standard InChI is InChI=1S/C14H10O5S.Co/c15-13(16)9-5-1-3-7-11(9)20(19)12-8-4-2-6-10(12)14(17)18;/h1-8H,(H,15,16)(H,17,18);/q;+2/p-2. The molecule has 109 valence electrons. The molecule has 0 aliphatic heterocycles. The molecule has 0 heterocycles. The van der Waals surface area contributed by atoms with Crippen LogP contribution in [0, 0.1) is 0 Å². The Kier molecular flexibility index (Phi) is 5.83. The summed E-state index contributed by atoms with van der Waals surface area (Å²) >= 11 is 0. The molecule has 0 atom stereocenters. The summed E-state index contributed by atoms with van der Waals surface area (Å²) in [7, 11) is -1.95. The molecule has 2 aromatic rings. The molecule has 1 radical (unpaired) electrons. The van der Waals surface area contributed by atoms with Gasteiger partial charge in [0.05, 0.1) is 32.5 Å². The molecule has 21 heavy (non-hydrogen) atoms. The summed E-state index contributed by atoms with van der Waals surface area (Å²) < 4.78 is 12.4. The van der Waals surface area contributed by atoms with Crippen LogP contribution in [0.2, 0.25) is 0 Å². The van der Waals surface area contributed by atoms with Crippen molar-refractivity contribution in [3.05, 3.63) is 59.7 Å². The van der Waals surface area contributed by atoms with E-state index in [1.807, 2.05) is 0 Å². The third kappa shape index (κ3) is 3.57. The Morgan fingerprint density at radius 2 is 1.10 bits per heavy atom. The van der Waals surface area contributed by atoms with Crippen LogP contribution in [0.3, 0.4) is 0 Å². The van der Waals surface area contributed by atoms with Gasteiger partial charge in [0, 0.05) is 11.1 Å². The fourth-order valence-electron chi connectivity index (χ4n) is 1.71. The van der Waals surface area contributed by atoms with Crippen LogP contribution in [0.4, 0.5) is 0 Å². The maximum Gasteiger partial charge on any atom is 2.00 e. The molecule has 0 unspecified atom stereocenters. The predicted molar refractivity (Wildman–Crippen MR) is 66.2 cm³/mol. The molecule has 0 fully saturated rings. The summed E-state index contributed by atoms with van der Waals surface area (Å²) in [5, 5.41) is 22.0. The number of carboxylic acid groups (broad SMARTS) is 2. The number of carbonyl (C=O) groups is 2. The second kappa shape index (κ2) is 7.16. The molecule has 0 aromatic heterocycles.